The van der Waals surface area contributed by atoms with E-state index in [9.17, 15) is 4.79 Å². The van der Waals surface area contributed by atoms with Gasteiger partial charge in [-0.25, -0.2) is 9.79 Å². The summed E-state index contributed by atoms with van der Waals surface area (Å²) in [5.41, 5.74) is 0.282. The van der Waals surface area contributed by atoms with Gasteiger partial charge in [0.15, 0.2) is 5.96 Å². The van der Waals surface area contributed by atoms with Crippen molar-refractivity contribution in [2.75, 3.05) is 41.0 Å². The molecular formula is C20H35IN4O5. The zero-order valence-corrected chi connectivity index (χ0v) is 21.2. The fourth-order valence-corrected chi connectivity index (χ4v) is 2.39. The number of alkyl carbamates (subject to hydrolysis) is 1. The van der Waals surface area contributed by atoms with Crippen molar-refractivity contribution in [3.05, 3.63) is 17.7 Å². The molecule has 1 aromatic carbocycles. The molecule has 0 spiro atoms. The molecule has 9 nitrogen and oxygen atoms in total. The predicted octanol–water partition coefficient (Wildman–Crippen LogP) is 2.91. The molecule has 1 aromatic rings. The minimum atomic E-state index is -0.523. The van der Waals surface area contributed by atoms with Crippen molar-refractivity contribution >= 4 is 36.0 Å². The van der Waals surface area contributed by atoms with E-state index >= 15 is 0 Å². The van der Waals surface area contributed by atoms with Gasteiger partial charge in [0.05, 0.1) is 33.4 Å². The third kappa shape index (κ3) is 10.1. The standard InChI is InChI=1S/C20H34N4O5.HI/c1-8-21-18(22-9-10-23-19(25)29-20(2,3)4)24-13-15-16(27-6)11-14(26-5)12-17(15)28-7;/h11-12H,8-10,13H2,1-7H3,(H,23,25)(H2,21,22,24);1H. The van der Waals surface area contributed by atoms with Gasteiger partial charge in [-0.3, -0.25) is 0 Å². The topological polar surface area (TPSA) is 102 Å². The van der Waals surface area contributed by atoms with Crippen LogP contribution in [0, 0.1) is 0 Å². The molecule has 3 N–H and O–H groups in total. The van der Waals surface area contributed by atoms with E-state index in [1.165, 1.54) is 0 Å². The fourth-order valence-electron chi connectivity index (χ4n) is 2.39. The molecule has 1 rings (SSSR count). The Balaban J connectivity index is 0.00000841. The van der Waals surface area contributed by atoms with Crippen LogP contribution in [0.15, 0.2) is 17.1 Å². The summed E-state index contributed by atoms with van der Waals surface area (Å²) in [6.45, 7) is 9.36. The SMILES string of the molecule is CCNC(=NCc1c(OC)cc(OC)cc1OC)NCCNC(=O)OC(C)(C)C.I. The lowest BCUT2D eigenvalue weighted by atomic mass is 10.1. The summed E-state index contributed by atoms with van der Waals surface area (Å²) < 4.78 is 21.4. The second kappa shape index (κ2) is 14.0. The van der Waals surface area contributed by atoms with Crippen LogP contribution in [0.1, 0.15) is 33.3 Å². The summed E-state index contributed by atoms with van der Waals surface area (Å²) in [5, 5.41) is 9.03. The molecule has 10 heteroatoms. The highest BCUT2D eigenvalue weighted by Crippen LogP contribution is 2.34. The van der Waals surface area contributed by atoms with E-state index in [1.807, 2.05) is 27.7 Å². The van der Waals surface area contributed by atoms with E-state index in [4.69, 9.17) is 18.9 Å². The summed E-state index contributed by atoms with van der Waals surface area (Å²) in [4.78, 5) is 16.3. The molecule has 30 heavy (non-hydrogen) atoms. The number of carbonyl (C=O) groups is 1. The molecule has 0 aliphatic heterocycles. The summed E-state index contributed by atoms with van der Waals surface area (Å²) in [5.74, 6) is 2.52. The van der Waals surface area contributed by atoms with Crippen LogP contribution in [0.5, 0.6) is 17.2 Å². The average Bonchev–Trinajstić information content (AvgIpc) is 2.67. The second-order valence-corrected chi connectivity index (χ2v) is 7.06. The highest BCUT2D eigenvalue weighted by Gasteiger charge is 2.16. The first-order valence-electron chi connectivity index (χ1n) is 9.52. The maximum atomic E-state index is 11.7. The van der Waals surface area contributed by atoms with Gasteiger partial charge in [0.1, 0.15) is 22.8 Å². The van der Waals surface area contributed by atoms with Crippen LogP contribution in [0.3, 0.4) is 0 Å². The van der Waals surface area contributed by atoms with Crippen molar-refractivity contribution < 1.29 is 23.7 Å². The number of benzene rings is 1. The highest BCUT2D eigenvalue weighted by atomic mass is 127. The summed E-state index contributed by atoms with van der Waals surface area (Å²) in [6, 6.07) is 3.58. The Morgan fingerprint density at radius 2 is 1.53 bits per heavy atom. The van der Waals surface area contributed by atoms with Gasteiger partial charge in [0.25, 0.3) is 0 Å². The molecule has 0 saturated carbocycles. The Bertz CT molecular complexity index is 667. The predicted molar refractivity (Wildman–Crippen MR) is 129 cm³/mol. The third-order valence-corrected chi connectivity index (χ3v) is 3.64. The number of ether oxygens (including phenoxy) is 4. The van der Waals surface area contributed by atoms with Crippen molar-refractivity contribution in [2.45, 2.75) is 39.8 Å². The van der Waals surface area contributed by atoms with E-state index in [0.29, 0.717) is 49.4 Å². The lowest BCUT2D eigenvalue weighted by Gasteiger charge is -2.20. The van der Waals surface area contributed by atoms with Crippen LogP contribution < -0.4 is 30.2 Å². The molecule has 0 fully saturated rings. The van der Waals surface area contributed by atoms with Crippen LogP contribution in [0.4, 0.5) is 4.79 Å². The number of nitrogens with one attached hydrogen (secondary N) is 3. The molecule has 0 bridgehead atoms. The zero-order valence-electron chi connectivity index (χ0n) is 18.9. The molecular weight excluding hydrogens is 503 g/mol. The van der Waals surface area contributed by atoms with Crippen LogP contribution in [0.25, 0.3) is 0 Å². The number of amides is 1. The average molecular weight is 538 g/mol. The van der Waals surface area contributed by atoms with Crippen LogP contribution in [0.2, 0.25) is 0 Å². The Morgan fingerprint density at radius 3 is 2.00 bits per heavy atom. The summed E-state index contributed by atoms with van der Waals surface area (Å²) >= 11 is 0. The molecule has 0 saturated heterocycles. The quantitative estimate of drug-likeness (QED) is 0.192. The van der Waals surface area contributed by atoms with E-state index in [0.717, 1.165) is 5.56 Å². The van der Waals surface area contributed by atoms with Gasteiger partial charge in [-0.2, -0.15) is 0 Å². The first kappa shape index (κ1) is 27.9. The van der Waals surface area contributed by atoms with Crippen molar-refractivity contribution in [3.63, 3.8) is 0 Å². The molecule has 0 aliphatic rings. The maximum absolute atomic E-state index is 11.7. The zero-order chi connectivity index (χ0) is 21.9. The van der Waals surface area contributed by atoms with E-state index in [-0.39, 0.29) is 24.0 Å². The lowest BCUT2D eigenvalue weighted by Crippen LogP contribution is -2.42. The van der Waals surface area contributed by atoms with Gasteiger partial charge in [0.2, 0.25) is 0 Å². The number of hydrogen-bond donors (Lipinski definition) is 3. The molecule has 172 valence electrons. The van der Waals surface area contributed by atoms with Gasteiger partial charge in [-0.15, -0.1) is 24.0 Å². The second-order valence-electron chi connectivity index (χ2n) is 7.06. The Kier molecular flexibility index (Phi) is 13.0. The van der Waals surface area contributed by atoms with E-state index < -0.39 is 11.7 Å². The number of halogens is 1. The molecule has 0 atom stereocenters. The number of rotatable bonds is 9. The van der Waals surface area contributed by atoms with Gasteiger partial charge < -0.3 is 34.9 Å². The minimum Gasteiger partial charge on any atom is -0.496 e. The normalized spacial score (nSPS) is 11.1. The first-order chi connectivity index (χ1) is 13.7. The lowest BCUT2D eigenvalue weighted by molar-refractivity contribution is 0.0529. The number of carbonyl (C=O) groups excluding carboxylic acids is 1. The van der Waals surface area contributed by atoms with Crippen LogP contribution in [-0.4, -0.2) is 58.6 Å². The van der Waals surface area contributed by atoms with E-state index in [1.54, 1.807) is 33.5 Å². The molecule has 0 unspecified atom stereocenters. The Hall–Kier alpha value is -2.11. The van der Waals surface area contributed by atoms with Gasteiger partial charge >= 0.3 is 6.09 Å². The monoisotopic (exact) mass is 538 g/mol. The number of guanidine groups is 1. The van der Waals surface area contributed by atoms with Crippen molar-refractivity contribution in [1.29, 1.82) is 0 Å². The van der Waals surface area contributed by atoms with Crippen LogP contribution >= 0.6 is 24.0 Å². The number of hydrogen-bond acceptors (Lipinski definition) is 6. The number of methoxy groups -OCH3 is 3. The molecule has 0 aliphatic carbocycles. The molecule has 0 aromatic heterocycles. The molecule has 1 amide bonds. The van der Waals surface area contributed by atoms with Gasteiger partial charge in [0, 0.05) is 31.8 Å². The number of aliphatic imine (C=N–C) groups is 1. The smallest absolute Gasteiger partial charge is 0.407 e. The highest BCUT2D eigenvalue weighted by molar-refractivity contribution is 14.0. The number of nitrogens with zero attached hydrogens (tertiary/aromatic N) is 1. The summed E-state index contributed by atoms with van der Waals surface area (Å²) in [6.07, 6.45) is -0.450. The fraction of sp³-hybridized carbons (Fsp3) is 0.600. The van der Waals surface area contributed by atoms with Crippen molar-refractivity contribution in [3.8, 4) is 17.2 Å². The largest absolute Gasteiger partial charge is 0.496 e. The summed E-state index contributed by atoms with van der Waals surface area (Å²) in [7, 11) is 4.77. The van der Waals surface area contributed by atoms with Crippen molar-refractivity contribution in [2.24, 2.45) is 4.99 Å². The Morgan fingerprint density at radius 1 is 0.967 bits per heavy atom. The third-order valence-electron chi connectivity index (χ3n) is 3.64. The maximum Gasteiger partial charge on any atom is 0.407 e. The molecule has 0 radical (unpaired) electrons. The van der Waals surface area contributed by atoms with Gasteiger partial charge in [-0.1, -0.05) is 0 Å². The minimum absolute atomic E-state index is 0. The van der Waals surface area contributed by atoms with E-state index in [2.05, 4.69) is 20.9 Å². The Labute approximate surface area is 196 Å². The first-order valence-corrected chi connectivity index (χ1v) is 9.52. The van der Waals surface area contributed by atoms with Crippen molar-refractivity contribution in [1.82, 2.24) is 16.0 Å². The molecule has 0 heterocycles. The van der Waals surface area contributed by atoms with Crippen LogP contribution in [-0.2, 0) is 11.3 Å². The van der Waals surface area contributed by atoms with Gasteiger partial charge in [-0.05, 0) is 27.7 Å².